The molecule has 0 spiro atoms. The number of piperazine rings is 1. The van der Waals surface area contributed by atoms with E-state index in [1.54, 1.807) is 12.3 Å². The van der Waals surface area contributed by atoms with Gasteiger partial charge in [-0.3, -0.25) is 4.98 Å². The maximum absolute atomic E-state index is 13.7. The lowest BCUT2D eigenvalue weighted by Crippen LogP contribution is -2.44. The first-order valence-electron chi connectivity index (χ1n) is 11.9. The summed E-state index contributed by atoms with van der Waals surface area (Å²) >= 11 is 0. The van der Waals surface area contributed by atoms with Crippen molar-refractivity contribution in [3.05, 3.63) is 35.7 Å². The molecule has 1 aromatic carbocycles. The van der Waals surface area contributed by atoms with Crippen LogP contribution >= 0.6 is 0 Å². The van der Waals surface area contributed by atoms with Crippen LogP contribution in [0, 0.1) is 0 Å². The van der Waals surface area contributed by atoms with Crippen LogP contribution in [0.1, 0.15) is 43.9 Å². The Morgan fingerprint density at radius 2 is 1.76 bits per heavy atom. The Balaban J connectivity index is 1.57. The first-order chi connectivity index (χ1) is 16.2. The van der Waals surface area contributed by atoms with Gasteiger partial charge in [-0.25, -0.2) is 4.98 Å². The van der Waals surface area contributed by atoms with Gasteiger partial charge in [-0.1, -0.05) is 6.92 Å². The fourth-order valence-electron chi connectivity index (χ4n) is 4.50. The summed E-state index contributed by atoms with van der Waals surface area (Å²) in [5.41, 5.74) is 0.985. The molecule has 10 heteroatoms. The summed E-state index contributed by atoms with van der Waals surface area (Å²) in [7, 11) is 2.01. The van der Waals surface area contributed by atoms with E-state index in [2.05, 4.69) is 25.5 Å². The number of aliphatic hydroxyl groups is 1. The fourth-order valence-corrected chi connectivity index (χ4v) is 4.50. The molecule has 7 nitrogen and oxygen atoms in total. The van der Waals surface area contributed by atoms with Crippen LogP contribution in [0.25, 0.3) is 0 Å². The van der Waals surface area contributed by atoms with Gasteiger partial charge in [0.05, 0.1) is 23.6 Å². The van der Waals surface area contributed by atoms with Gasteiger partial charge in [0.2, 0.25) is 0 Å². The van der Waals surface area contributed by atoms with Gasteiger partial charge in [-0.15, -0.1) is 0 Å². The standard InChI is InChI=1S/C24H33F3N6O/c1-3-21-23(30-17-4-6-20(34)7-5-17)31-22(15-28-21)29-18-12-16(24(25,26)27)13-19(14-18)33-10-8-32(2)9-11-33/h12-15,17,20,34H,3-11H2,1-2H3,(H2,29,30,31). The number of likely N-dealkylation sites (N-methyl/N-ethyl adjacent to an activating group) is 1. The Morgan fingerprint density at radius 3 is 2.41 bits per heavy atom. The molecule has 0 bridgehead atoms. The minimum Gasteiger partial charge on any atom is -0.393 e. The van der Waals surface area contributed by atoms with Crippen molar-refractivity contribution in [2.45, 2.75) is 57.3 Å². The second kappa shape index (κ2) is 10.4. The number of hydrogen-bond donors (Lipinski definition) is 3. The van der Waals surface area contributed by atoms with Gasteiger partial charge in [-0.2, -0.15) is 13.2 Å². The average molecular weight is 479 g/mol. The highest BCUT2D eigenvalue weighted by molar-refractivity contribution is 5.66. The predicted octanol–water partition coefficient (Wildman–Crippen LogP) is 4.27. The van der Waals surface area contributed by atoms with Crippen molar-refractivity contribution in [1.82, 2.24) is 14.9 Å². The normalized spacial score (nSPS) is 22.0. The number of aryl methyl sites for hydroxylation is 1. The average Bonchev–Trinajstić information content (AvgIpc) is 2.80. The van der Waals surface area contributed by atoms with Crippen LogP contribution in [0.15, 0.2) is 24.4 Å². The SMILES string of the molecule is CCc1ncc(Nc2cc(N3CCN(C)CC3)cc(C(F)(F)F)c2)nc1NC1CCC(O)CC1. The van der Waals surface area contributed by atoms with E-state index < -0.39 is 11.7 Å². The Bertz CT molecular complexity index is 970. The zero-order chi connectivity index (χ0) is 24.3. The predicted molar refractivity (Wildman–Crippen MR) is 128 cm³/mol. The highest BCUT2D eigenvalue weighted by Crippen LogP contribution is 2.35. The van der Waals surface area contributed by atoms with E-state index in [1.807, 2.05) is 18.9 Å². The zero-order valence-electron chi connectivity index (χ0n) is 19.7. The van der Waals surface area contributed by atoms with E-state index >= 15 is 0 Å². The van der Waals surface area contributed by atoms with Gasteiger partial charge >= 0.3 is 6.18 Å². The molecule has 186 valence electrons. The molecule has 1 aromatic heterocycles. The first kappa shape index (κ1) is 24.5. The topological polar surface area (TPSA) is 76.6 Å². The number of benzene rings is 1. The molecule has 3 N–H and O–H groups in total. The van der Waals surface area contributed by atoms with Gasteiger partial charge in [0.25, 0.3) is 0 Å². The lowest BCUT2D eigenvalue weighted by molar-refractivity contribution is -0.137. The molecule has 4 rings (SSSR count). The number of nitrogens with zero attached hydrogens (tertiary/aromatic N) is 4. The van der Waals surface area contributed by atoms with Crippen LogP contribution in [0.3, 0.4) is 0 Å². The number of halogens is 3. The monoisotopic (exact) mass is 478 g/mol. The van der Waals surface area contributed by atoms with Crippen molar-refractivity contribution in [2.24, 2.45) is 0 Å². The zero-order valence-corrected chi connectivity index (χ0v) is 19.7. The Kier molecular flexibility index (Phi) is 7.47. The number of aromatic nitrogens is 2. The summed E-state index contributed by atoms with van der Waals surface area (Å²) in [6.07, 6.45) is 0.699. The molecular formula is C24H33F3N6O. The third-order valence-electron chi connectivity index (χ3n) is 6.61. The quantitative estimate of drug-likeness (QED) is 0.573. The van der Waals surface area contributed by atoms with E-state index in [1.165, 1.54) is 6.07 Å². The van der Waals surface area contributed by atoms with E-state index in [0.29, 0.717) is 42.5 Å². The molecule has 2 fully saturated rings. The number of hydrogen-bond acceptors (Lipinski definition) is 7. The van der Waals surface area contributed by atoms with Gasteiger partial charge in [0, 0.05) is 43.6 Å². The molecule has 2 heterocycles. The molecule has 0 radical (unpaired) electrons. The van der Waals surface area contributed by atoms with E-state index in [0.717, 1.165) is 50.5 Å². The summed E-state index contributed by atoms with van der Waals surface area (Å²) < 4.78 is 41.0. The second-order valence-corrected chi connectivity index (χ2v) is 9.24. The van der Waals surface area contributed by atoms with Crippen molar-refractivity contribution < 1.29 is 18.3 Å². The summed E-state index contributed by atoms with van der Waals surface area (Å²) in [5.74, 6) is 1.03. The smallest absolute Gasteiger partial charge is 0.393 e. The van der Waals surface area contributed by atoms with Crippen LogP contribution < -0.4 is 15.5 Å². The number of anilines is 4. The summed E-state index contributed by atoms with van der Waals surface area (Å²) in [6.45, 7) is 4.94. The van der Waals surface area contributed by atoms with Crippen LogP contribution in [0.2, 0.25) is 0 Å². The Labute approximate surface area is 198 Å². The number of alkyl halides is 3. The van der Waals surface area contributed by atoms with Crippen molar-refractivity contribution in [2.75, 3.05) is 48.8 Å². The highest BCUT2D eigenvalue weighted by Gasteiger charge is 2.32. The number of nitrogens with one attached hydrogen (secondary N) is 2. The highest BCUT2D eigenvalue weighted by atomic mass is 19.4. The van der Waals surface area contributed by atoms with Gasteiger partial charge < -0.3 is 25.5 Å². The van der Waals surface area contributed by atoms with Crippen LogP contribution in [0.4, 0.5) is 36.2 Å². The maximum Gasteiger partial charge on any atom is 0.416 e. The third-order valence-corrected chi connectivity index (χ3v) is 6.61. The number of rotatable bonds is 6. The molecule has 2 aliphatic rings. The maximum atomic E-state index is 13.7. The van der Waals surface area contributed by atoms with Gasteiger partial charge in [0.1, 0.15) is 5.82 Å². The Hall–Kier alpha value is -2.59. The summed E-state index contributed by atoms with van der Waals surface area (Å²) in [5, 5.41) is 16.2. The van der Waals surface area contributed by atoms with Crippen molar-refractivity contribution in [1.29, 1.82) is 0 Å². The van der Waals surface area contributed by atoms with E-state index in [4.69, 9.17) is 0 Å². The minimum absolute atomic E-state index is 0.190. The summed E-state index contributed by atoms with van der Waals surface area (Å²) in [4.78, 5) is 13.3. The van der Waals surface area contributed by atoms with Crippen LogP contribution in [-0.2, 0) is 12.6 Å². The molecule has 0 unspecified atom stereocenters. The van der Waals surface area contributed by atoms with E-state index in [-0.39, 0.29) is 12.1 Å². The molecule has 1 saturated carbocycles. The molecule has 34 heavy (non-hydrogen) atoms. The van der Waals surface area contributed by atoms with Crippen LogP contribution in [0.5, 0.6) is 0 Å². The summed E-state index contributed by atoms with van der Waals surface area (Å²) in [6, 6.07) is 4.26. The second-order valence-electron chi connectivity index (χ2n) is 9.24. The molecule has 0 amide bonds. The minimum atomic E-state index is -4.45. The first-order valence-corrected chi connectivity index (χ1v) is 11.9. The number of aliphatic hydroxyl groups excluding tert-OH is 1. The molecule has 0 atom stereocenters. The van der Waals surface area contributed by atoms with E-state index in [9.17, 15) is 18.3 Å². The fraction of sp³-hybridized carbons (Fsp3) is 0.583. The third kappa shape index (κ3) is 6.09. The van der Waals surface area contributed by atoms with Crippen molar-refractivity contribution >= 4 is 23.0 Å². The van der Waals surface area contributed by atoms with Gasteiger partial charge in [-0.05, 0) is 57.4 Å². The molecule has 1 aliphatic carbocycles. The van der Waals surface area contributed by atoms with Gasteiger partial charge in [0.15, 0.2) is 5.82 Å². The lowest BCUT2D eigenvalue weighted by atomic mass is 9.93. The lowest BCUT2D eigenvalue weighted by Gasteiger charge is -2.34. The molecule has 1 aliphatic heterocycles. The molecule has 2 aromatic rings. The van der Waals surface area contributed by atoms with Crippen molar-refractivity contribution in [3.63, 3.8) is 0 Å². The van der Waals surface area contributed by atoms with Crippen molar-refractivity contribution in [3.8, 4) is 0 Å². The molecule has 1 saturated heterocycles. The van der Waals surface area contributed by atoms with Crippen LogP contribution in [-0.4, -0.2) is 65.3 Å². The largest absolute Gasteiger partial charge is 0.416 e. The Morgan fingerprint density at radius 1 is 1.06 bits per heavy atom. The molecular weight excluding hydrogens is 445 g/mol.